The summed E-state index contributed by atoms with van der Waals surface area (Å²) in [4.78, 5) is 4.37. The van der Waals surface area contributed by atoms with Crippen LogP contribution in [0.4, 0.5) is 10.2 Å². The molecule has 4 rings (SSSR count). The zero-order valence-electron chi connectivity index (χ0n) is 12.9. The average Bonchev–Trinajstić information content (AvgIpc) is 3.16. The monoisotopic (exact) mass is 326 g/mol. The van der Waals surface area contributed by atoms with E-state index < -0.39 is 11.9 Å². The van der Waals surface area contributed by atoms with Crippen molar-refractivity contribution in [2.24, 2.45) is 0 Å². The van der Waals surface area contributed by atoms with Gasteiger partial charge in [0.15, 0.2) is 0 Å². The molecule has 24 heavy (non-hydrogen) atoms. The van der Waals surface area contributed by atoms with Gasteiger partial charge in [-0.15, -0.1) is 0 Å². The molecule has 3 heterocycles. The van der Waals surface area contributed by atoms with Gasteiger partial charge in [-0.25, -0.2) is 9.37 Å². The number of pyridine rings is 1. The van der Waals surface area contributed by atoms with Crippen LogP contribution in [0.15, 0.2) is 30.6 Å². The highest BCUT2D eigenvalue weighted by molar-refractivity contribution is 6.08. The lowest BCUT2D eigenvalue weighted by Crippen LogP contribution is -2.11. The highest BCUT2D eigenvalue weighted by atomic mass is 19.1. The second-order valence-electron chi connectivity index (χ2n) is 5.78. The molecule has 7 nitrogen and oxygen atoms in total. The first-order valence-electron chi connectivity index (χ1n) is 7.46. The van der Waals surface area contributed by atoms with Crippen LogP contribution in [0.2, 0.25) is 0 Å². The topological polar surface area (TPSA) is 106 Å². The van der Waals surface area contributed by atoms with Crippen molar-refractivity contribution in [2.45, 2.75) is 19.6 Å². The number of hydrogen-bond donors (Lipinski definition) is 3. The third-order valence-electron chi connectivity index (χ3n) is 3.86. The molecule has 122 valence electrons. The number of nitrogens with two attached hydrogens (primary N) is 1. The van der Waals surface area contributed by atoms with Crippen LogP contribution in [0.25, 0.3) is 33.1 Å². The van der Waals surface area contributed by atoms with Gasteiger partial charge in [-0.05, 0) is 25.1 Å². The fourth-order valence-electron chi connectivity index (χ4n) is 2.82. The maximum absolute atomic E-state index is 14.5. The third kappa shape index (κ3) is 2.28. The molecular formula is C16H15FN6O. The Kier molecular flexibility index (Phi) is 3.20. The summed E-state index contributed by atoms with van der Waals surface area (Å²) in [5.41, 5.74) is 8.08. The van der Waals surface area contributed by atoms with Crippen LogP contribution >= 0.6 is 0 Å². The molecule has 0 aliphatic rings. The van der Waals surface area contributed by atoms with Gasteiger partial charge in [-0.3, -0.25) is 9.78 Å². The van der Waals surface area contributed by atoms with Gasteiger partial charge in [0, 0.05) is 23.3 Å². The molecule has 4 aromatic rings. The van der Waals surface area contributed by atoms with E-state index in [-0.39, 0.29) is 0 Å². The zero-order valence-corrected chi connectivity index (χ0v) is 12.9. The van der Waals surface area contributed by atoms with Crippen LogP contribution in [-0.2, 0) is 6.54 Å². The normalized spacial score (nSPS) is 13.0. The molecule has 0 aliphatic heterocycles. The summed E-state index contributed by atoms with van der Waals surface area (Å²) in [6.07, 6.45) is 2.72. The van der Waals surface area contributed by atoms with Gasteiger partial charge in [0.2, 0.25) is 0 Å². The van der Waals surface area contributed by atoms with Crippen LogP contribution < -0.4 is 5.73 Å². The molecule has 0 radical (unpaired) electrons. The number of hydrogen-bond acceptors (Lipinski definition) is 5. The second kappa shape index (κ2) is 5.27. The number of anilines is 1. The van der Waals surface area contributed by atoms with Crippen molar-refractivity contribution in [3.63, 3.8) is 0 Å². The van der Waals surface area contributed by atoms with Gasteiger partial charge < -0.3 is 10.8 Å². The maximum atomic E-state index is 14.5. The van der Waals surface area contributed by atoms with E-state index in [1.54, 1.807) is 36.1 Å². The minimum absolute atomic E-state index is 0.316. The van der Waals surface area contributed by atoms with Gasteiger partial charge in [0.05, 0.1) is 29.2 Å². The summed E-state index contributed by atoms with van der Waals surface area (Å²) >= 11 is 0. The first kappa shape index (κ1) is 14.6. The van der Waals surface area contributed by atoms with Gasteiger partial charge in [0.25, 0.3) is 0 Å². The number of nitrogen functional groups attached to an aromatic ring is 1. The number of aliphatic hydroxyl groups is 1. The van der Waals surface area contributed by atoms with Crippen LogP contribution in [0.5, 0.6) is 0 Å². The summed E-state index contributed by atoms with van der Waals surface area (Å²) in [6, 6.07) is 4.71. The van der Waals surface area contributed by atoms with Crippen LogP contribution in [0, 0.1) is 5.82 Å². The van der Waals surface area contributed by atoms with Crippen LogP contribution in [-0.4, -0.2) is 36.2 Å². The Labute approximate surface area is 135 Å². The van der Waals surface area contributed by atoms with E-state index in [1.807, 2.05) is 0 Å². The number of halogens is 1. The van der Waals surface area contributed by atoms with Crippen molar-refractivity contribution in [2.75, 3.05) is 5.73 Å². The fraction of sp³-hybridized carbons (Fsp3) is 0.188. The minimum atomic E-state index is -0.552. The predicted octanol–water partition coefficient (Wildman–Crippen LogP) is 2.08. The Morgan fingerprint density at radius 2 is 2.21 bits per heavy atom. The molecule has 8 heteroatoms. The van der Waals surface area contributed by atoms with Crippen molar-refractivity contribution in [1.29, 1.82) is 0 Å². The maximum Gasteiger partial charge on any atom is 0.135 e. The minimum Gasteiger partial charge on any atom is -0.391 e. The van der Waals surface area contributed by atoms with E-state index >= 15 is 0 Å². The summed E-state index contributed by atoms with van der Waals surface area (Å²) < 4.78 is 16.1. The largest absolute Gasteiger partial charge is 0.391 e. The number of benzene rings is 1. The standard InChI is InChI=1S/C16H15FN6O/c1-8(24)6-23-7-11-15(22-23)10-4-12(17)9(13-2-3-19-21-13)5-14(10)20-16(11)18/h2-5,7-8,24H,6H2,1H3,(H2,18,20)(H,19,21). The Morgan fingerprint density at radius 3 is 2.92 bits per heavy atom. The predicted molar refractivity (Wildman–Crippen MR) is 88.7 cm³/mol. The smallest absolute Gasteiger partial charge is 0.135 e. The number of aromatic nitrogens is 5. The molecule has 0 fully saturated rings. The summed E-state index contributed by atoms with van der Waals surface area (Å²) in [5.74, 6) is -0.0822. The lowest BCUT2D eigenvalue weighted by Gasteiger charge is -2.05. The molecule has 1 unspecified atom stereocenters. The first-order valence-corrected chi connectivity index (χ1v) is 7.46. The first-order chi connectivity index (χ1) is 11.5. The van der Waals surface area contributed by atoms with Crippen LogP contribution in [0.1, 0.15) is 6.92 Å². The van der Waals surface area contributed by atoms with Crippen LogP contribution in [0.3, 0.4) is 0 Å². The van der Waals surface area contributed by atoms with Crippen molar-refractivity contribution >= 4 is 27.6 Å². The van der Waals surface area contributed by atoms with Gasteiger partial charge in [0.1, 0.15) is 17.2 Å². The van der Waals surface area contributed by atoms with Crippen molar-refractivity contribution in [1.82, 2.24) is 25.0 Å². The van der Waals surface area contributed by atoms with E-state index in [4.69, 9.17) is 5.73 Å². The van der Waals surface area contributed by atoms with E-state index in [0.29, 0.717) is 45.4 Å². The van der Waals surface area contributed by atoms with Gasteiger partial charge in [-0.2, -0.15) is 10.2 Å². The van der Waals surface area contributed by atoms with Gasteiger partial charge in [-0.1, -0.05) is 0 Å². The molecule has 0 spiro atoms. The Balaban J connectivity index is 1.98. The van der Waals surface area contributed by atoms with Crippen molar-refractivity contribution < 1.29 is 9.50 Å². The number of fused-ring (bicyclic) bond motifs is 3. The van der Waals surface area contributed by atoms with E-state index in [9.17, 15) is 9.50 Å². The molecule has 0 aliphatic carbocycles. The highest BCUT2D eigenvalue weighted by Crippen LogP contribution is 2.31. The summed E-state index contributed by atoms with van der Waals surface area (Å²) in [5, 5.41) is 21.7. The molecular weight excluding hydrogens is 311 g/mol. The number of rotatable bonds is 3. The molecule has 4 N–H and O–H groups in total. The van der Waals surface area contributed by atoms with Gasteiger partial charge >= 0.3 is 0 Å². The summed E-state index contributed by atoms with van der Waals surface area (Å²) in [6.45, 7) is 1.99. The Bertz CT molecular complexity index is 1040. The SMILES string of the molecule is CC(O)Cn1cc2c(N)nc3cc(-c4ccn[nH]4)c(F)cc3c2n1. The van der Waals surface area contributed by atoms with Crippen molar-refractivity contribution in [3.05, 3.63) is 36.4 Å². The van der Waals surface area contributed by atoms with E-state index in [2.05, 4.69) is 20.3 Å². The number of H-pyrrole nitrogens is 1. The summed E-state index contributed by atoms with van der Waals surface area (Å²) in [7, 11) is 0. The van der Waals surface area contributed by atoms with E-state index in [0.717, 1.165) is 0 Å². The average molecular weight is 326 g/mol. The zero-order chi connectivity index (χ0) is 16.8. The third-order valence-corrected chi connectivity index (χ3v) is 3.86. The fourth-order valence-corrected chi connectivity index (χ4v) is 2.82. The molecule has 3 aromatic heterocycles. The number of aliphatic hydroxyl groups excluding tert-OH is 1. The molecule has 0 saturated carbocycles. The molecule has 0 saturated heterocycles. The lowest BCUT2D eigenvalue weighted by atomic mass is 10.1. The molecule has 1 aromatic carbocycles. The number of nitrogens with one attached hydrogen (secondary N) is 1. The molecule has 0 bridgehead atoms. The molecule has 0 amide bonds. The Morgan fingerprint density at radius 1 is 1.38 bits per heavy atom. The second-order valence-corrected chi connectivity index (χ2v) is 5.78. The number of aromatic amines is 1. The Hall–Kier alpha value is -3.00. The van der Waals surface area contributed by atoms with Crippen molar-refractivity contribution in [3.8, 4) is 11.3 Å². The number of nitrogens with zero attached hydrogens (tertiary/aromatic N) is 4. The quantitative estimate of drug-likeness (QED) is 0.534. The van der Waals surface area contributed by atoms with E-state index in [1.165, 1.54) is 6.07 Å². The molecule has 1 atom stereocenters. The highest BCUT2D eigenvalue weighted by Gasteiger charge is 2.15. The lowest BCUT2D eigenvalue weighted by molar-refractivity contribution is 0.169.